The number of hydrogen-bond donors (Lipinski definition) is 2. The molecule has 84 valence electrons. The van der Waals surface area contributed by atoms with Gasteiger partial charge < -0.3 is 15.2 Å². The number of aromatic hydroxyl groups is 1. The number of nitrogens with one attached hydrogen (secondary N) is 1. The Morgan fingerprint density at radius 2 is 2.38 bits per heavy atom. The van der Waals surface area contributed by atoms with Crippen molar-refractivity contribution in [1.29, 1.82) is 5.26 Å². The van der Waals surface area contributed by atoms with E-state index in [1.165, 1.54) is 7.11 Å². The van der Waals surface area contributed by atoms with Crippen molar-refractivity contribution in [1.82, 2.24) is 0 Å². The lowest BCUT2D eigenvalue weighted by molar-refractivity contribution is -0.115. The number of ether oxygens (including phenoxy) is 1. The summed E-state index contributed by atoms with van der Waals surface area (Å²) < 4.78 is 17.7. The molecule has 16 heavy (non-hydrogen) atoms. The smallest absolute Gasteiger partial charge is 0.238 e. The Hall–Kier alpha value is -2.29. The SMILES string of the molecule is COc1cc(F)c(O)cc1NC(=O)CC#N. The van der Waals surface area contributed by atoms with Crippen molar-refractivity contribution in [3.05, 3.63) is 17.9 Å². The monoisotopic (exact) mass is 224 g/mol. The molecule has 0 aliphatic rings. The summed E-state index contributed by atoms with van der Waals surface area (Å²) in [5.41, 5.74) is 0.113. The molecule has 0 bridgehead atoms. The van der Waals surface area contributed by atoms with Gasteiger partial charge in [0.1, 0.15) is 12.2 Å². The summed E-state index contributed by atoms with van der Waals surface area (Å²) in [6.07, 6.45) is -0.332. The van der Waals surface area contributed by atoms with Crippen LogP contribution in [0.2, 0.25) is 0 Å². The van der Waals surface area contributed by atoms with Gasteiger partial charge in [-0.15, -0.1) is 0 Å². The summed E-state index contributed by atoms with van der Waals surface area (Å²) in [5, 5.41) is 19.7. The van der Waals surface area contributed by atoms with Crippen LogP contribution in [0.3, 0.4) is 0 Å². The number of benzene rings is 1. The maximum atomic E-state index is 12.9. The fourth-order valence-corrected chi connectivity index (χ4v) is 1.08. The molecule has 0 aliphatic carbocycles. The Kier molecular flexibility index (Phi) is 3.67. The minimum absolute atomic E-state index is 0.0709. The number of phenols is 1. The molecule has 0 saturated heterocycles. The van der Waals surface area contributed by atoms with E-state index in [1.54, 1.807) is 6.07 Å². The number of carbonyl (C=O) groups excluding carboxylic acids is 1. The van der Waals surface area contributed by atoms with Gasteiger partial charge in [-0.2, -0.15) is 5.26 Å². The molecule has 0 saturated carbocycles. The molecular formula is C10H9FN2O3. The first kappa shape index (κ1) is 11.8. The molecule has 0 aromatic heterocycles. The van der Waals surface area contributed by atoms with E-state index < -0.39 is 17.5 Å². The third-order valence-corrected chi connectivity index (χ3v) is 1.78. The number of anilines is 1. The quantitative estimate of drug-likeness (QED) is 0.812. The highest BCUT2D eigenvalue weighted by Gasteiger charge is 2.11. The van der Waals surface area contributed by atoms with Gasteiger partial charge in [0, 0.05) is 12.1 Å². The Labute approximate surface area is 91.1 Å². The number of hydrogen-bond acceptors (Lipinski definition) is 4. The number of rotatable bonds is 3. The third-order valence-electron chi connectivity index (χ3n) is 1.78. The predicted molar refractivity (Wildman–Crippen MR) is 53.5 cm³/mol. The molecule has 6 heteroatoms. The second kappa shape index (κ2) is 4.98. The van der Waals surface area contributed by atoms with Crippen LogP contribution in [0.1, 0.15) is 6.42 Å². The van der Waals surface area contributed by atoms with Crippen LogP contribution in [0, 0.1) is 17.1 Å². The summed E-state index contributed by atoms with van der Waals surface area (Å²) in [6.45, 7) is 0. The molecule has 0 atom stereocenters. The van der Waals surface area contributed by atoms with Gasteiger partial charge >= 0.3 is 0 Å². The van der Waals surface area contributed by atoms with E-state index >= 15 is 0 Å². The lowest BCUT2D eigenvalue weighted by Gasteiger charge is -2.09. The Morgan fingerprint density at radius 1 is 1.69 bits per heavy atom. The van der Waals surface area contributed by atoms with E-state index in [-0.39, 0.29) is 17.9 Å². The highest BCUT2D eigenvalue weighted by molar-refractivity contribution is 5.93. The van der Waals surface area contributed by atoms with Crippen LogP contribution in [-0.4, -0.2) is 18.1 Å². The Morgan fingerprint density at radius 3 is 2.94 bits per heavy atom. The Balaban J connectivity index is 2.99. The normalized spacial score (nSPS) is 9.31. The highest BCUT2D eigenvalue weighted by Crippen LogP contribution is 2.31. The molecule has 0 radical (unpaired) electrons. The topological polar surface area (TPSA) is 82.3 Å². The van der Waals surface area contributed by atoms with Gasteiger partial charge in [0.25, 0.3) is 0 Å². The number of nitriles is 1. The van der Waals surface area contributed by atoms with Crippen molar-refractivity contribution in [3.63, 3.8) is 0 Å². The van der Waals surface area contributed by atoms with Crippen LogP contribution in [0.15, 0.2) is 12.1 Å². The second-order valence-electron chi connectivity index (χ2n) is 2.89. The van der Waals surface area contributed by atoms with Crippen LogP contribution >= 0.6 is 0 Å². The van der Waals surface area contributed by atoms with Crippen LogP contribution in [0.25, 0.3) is 0 Å². The fourth-order valence-electron chi connectivity index (χ4n) is 1.08. The van der Waals surface area contributed by atoms with E-state index in [1.807, 2.05) is 0 Å². The molecule has 0 heterocycles. The highest BCUT2D eigenvalue weighted by atomic mass is 19.1. The molecule has 1 aromatic carbocycles. The van der Waals surface area contributed by atoms with Crippen LogP contribution in [0.4, 0.5) is 10.1 Å². The van der Waals surface area contributed by atoms with Gasteiger partial charge in [-0.3, -0.25) is 4.79 Å². The van der Waals surface area contributed by atoms with Crippen molar-refractivity contribution in [3.8, 4) is 17.6 Å². The lowest BCUT2D eigenvalue weighted by atomic mass is 10.2. The van der Waals surface area contributed by atoms with Gasteiger partial charge in [0.15, 0.2) is 11.6 Å². The molecule has 5 nitrogen and oxygen atoms in total. The molecule has 0 unspecified atom stereocenters. The second-order valence-corrected chi connectivity index (χ2v) is 2.89. The van der Waals surface area contributed by atoms with Crippen molar-refractivity contribution in [2.45, 2.75) is 6.42 Å². The minimum atomic E-state index is -0.852. The van der Waals surface area contributed by atoms with Gasteiger partial charge in [-0.25, -0.2) is 4.39 Å². The third kappa shape index (κ3) is 2.60. The van der Waals surface area contributed by atoms with Crippen molar-refractivity contribution in [2.75, 3.05) is 12.4 Å². The molecular weight excluding hydrogens is 215 g/mol. The molecule has 1 aromatic rings. The van der Waals surface area contributed by atoms with Gasteiger partial charge in [0.2, 0.25) is 5.91 Å². The number of amides is 1. The molecule has 1 amide bonds. The zero-order chi connectivity index (χ0) is 12.1. The largest absolute Gasteiger partial charge is 0.505 e. The zero-order valence-corrected chi connectivity index (χ0v) is 8.45. The predicted octanol–water partition coefficient (Wildman–Crippen LogP) is 1.39. The molecule has 0 fully saturated rings. The maximum absolute atomic E-state index is 12.9. The zero-order valence-electron chi connectivity index (χ0n) is 8.45. The summed E-state index contributed by atoms with van der Waals surface area (Å²) in [7, 11) is 1.30. The van der Waals surface area contributed by atoms with E-state index in [9.17, 15) is 9.18 Å². The first-order valence-corrected chi connectivity index (χ1v) is 4.31. The van der Waals surface area contributed by atoms with Crippen LogP contribution < -0.4 is 10.1 Å². The molecule has 0 aliphatic heterocycles. The van der Waals surface area contributed by atoms with Crippen LogP contribution in [-0.2, 0) is 4.79 Å². The van der Waals surface area contributed by atoms with Gasteiger partial charge in [-0.05, 0) is 0 Å². The maximum Gasteiger partial charge on any atom is 0.238 e. The minimum Gasteiger partial charge on any atom is -0.505 e. The number of halogens is 1. The average molecular weight is 224 g/mol. The van der Waals surface area contributed by atoms with Crippen molar-refractivity contribution in [2.24, 2.45) is 0 Å². The first-order chi connectivity index (χ1) is 7.58. The molecule has 0 spiro atoms. The number of methoxy groups -OCH3 is 1. The summed E-state index contributed by atoms with van der Waals surface area (Å²) >= 11 is 0. The van der Waals surface area contributed by atoms with E-state index in [0.717, 1.165) is 12.1 Å². The average Bonchev–Trinajstić information content (AvgIpc) is 2.23. The summed E-state index contributed by atoms with van der Waals surface area (Å²) in [6, 6.07) is 3.62. The number of nitrogens with zero attached hydrogens (tertiary/aromatic N) is 1. The Bertz CT molecular complexity index is 454. The molecule has 1 rings (SSSR count). The summed E-state index contributed by atoms with van der Waals surface area (Å²) in [5.74, 6) is -1.95. The van der Waals surface area contributed by atoms with Crippen molar-refractivity contribution >= 4 is 11.6 Å². The van der Waals surface area contributed by atoms with Crippen molar-refractivity contribution < 1.29 is 19.0 Å². The van der Waals surface area contributed by atoms with Crippen LogP contribution in [0.5, 0.6) is 11.5 Å². The van der Waals surface area contributed by atoms with Gasteiger partial charge in [0.05, 0.1) is 18.9 Å². The van der Waals surface area contributed by atoms with E-state index in [4.69, 9.17) is 15.1 Å². The number of phenolic OH excluding ortho intramolecular Hbond substituents is 1. The fraction of sp³-hybridized carbons (Fsp3) is 0.200. The standard InChI is InChI=1S/C10H9FN2O3/c1-16-9-4-6(11)8(14)5-7(9)13-10(15)2-3-12/h4-5,14H,2H2,1H3,(H,13,15). The van der Waals surface area contributed by atoms with E-state index in [0.29, 0.717) is 0 Å². The number of carbonyl (C=O) groups is 1. The first-order valence-electron chi connectivity index (χ1n) is 4.31. The lowest BCUT2D eigenvalue weighted by Crippen LogP contribution is -2.11. The van der Waals surface area contributed by atoms with Gasteiger partial charge in [-0.1, -0.05) is 0 Å². The molecule has 2 N–H and O–H groups in total. The summed E-state index contributed by atoms with van der Waals surface area (Å²) in [4.78, 5) is 11.1. The van der Waals surface area contributed by atoms with E-state index in [2.05, 4.69) is 5.32 Å².